The maximum atomic E-state index is 10.8. The van der Waals surface area contributed by atoms with E-state index in [2.05, 4.69) is 63.7 Å². The van der Waals surface area contributed by atoms with Gasteiger partial charge in [0.1, 0.15) is 0 Å². The number of carboxylic acids is 1. The highest BCUT2D eigenvalue weighted by Crippen LogP contribution is 2.38. The molecule has 0 aliphatic heterocycles. The predicted octanol–water partition coefficient (Wildman–Crippen LogP) is 4.43. The van der Waals surface area contributed by atoms with Gasteiger partial charge < -0.3 is 5.11 Å². The third-order valence-corrected chi connectivity index (χ3v) is 5.99. The van der Waals surface area contributed by atoms with Gasteiger partial charge >= 0.3 is 5.97 Å². The van der Waals surface area contributed by atoms with Crippen molar-refractivity contribution in [2.75, 3.05) is 0 Å². The highest BCUT2D eigenvalue weighted by atomic mass is 79.9. The lowest BCUT2D eigenvalue weighted by Gasteiger charge is -2.05. The number of carbonyl (C=O) groups is 1. The Morgan fingerprint density at radius 3 is 2.08 bits per heavy atom. The first-order valence-electron chi connectivity index (χ1n) is 3.01. The lowest BCUT2D eigenvalue weighted by atomic mass is 10.9. The maximum Gasteiger partial charge on any atom is 0.336 e. The van der Waals surface area contributed by atoms with E-state index in [9.17, 15) is 4.79 Å². The van der Waals surface area contributed by atoms with Crippen molar-refractivity contribution in [2.45, 2.75) is 0 Å². The van der Waals surface area contributed by atoms with E-state index < -0.39 is 5.97 Å². The predicted molar refractivity (Wildman–Crippen MR) is 64.2 cm³/mol. The van der Waals surface area contributed by atoms with Gasteiger partial charge in [-0.25, -0.2) is 4.79 Å². The van der Waals surface area contributed by atoms with E-state index in [1.54, 1.807) is 0 Å². The average Bonchev–Trinajstić information content (AvgIpc) is 2.07. The molecule has 0 amide bonds. The van der Waals surface area contributed by atoms with Crippen LogP contribution in [-0.2, 0) is 0 Å². The van der Waals surface area contributed by atoms with Crippen LogP contribution in [0.3, 0.4) is 0 Å². The second kappa shape index (κ2) is 4.42. The van der Waals surface area contributed by atoms with E-state index in [0.717, 1.165) is 4.47 Å². The van der Waals surface area contributed by atoms with Gasteiger partial charge in [-0.15, -0.1) is 0 Å². The zero-order chi connectivity index (χ0) is 10.2. The zero-order valence-electron chi connectivity index (χ0n) is 5.94. The molecule has 0 aliphatic rings. The van der Waals surface area contributed by atoms with Crippen molar-refractivity contribution in [2.24, 2.45) is 0 Å². The van der Waals surface area contributed by atoms with E-state index in [-0.39, 0.29) is 5.56 Å². The summed E-state index contributed by atoms with van der Waals surface area (Å²) in [5.41, 5.74) is 0.210. The van der Waals surface area contributed by atoms with Gasteiger partial charge in [-0.05, 0) is 69.8 Å². The normalized spacial score (nSPS) is 10.2. The molecule has 0 saturated heterocycles. The van der Waals surface area contributed by atoms with Gasteiger partial charge in [-0.3, -0.25) is 0 Å². The van der Waals surface area contributed by atoms with Crippen LogP contribution in [0.25, 0.3) is 0 Å². The first-order valence-corrected chi connectivity index (χ1v) is 6.18. The molecule has 2 nitrogen and oxygen atoms in total. The molecule has 0 bridgehead atoms. The number of halogens is 4. The molecule has 1 rings (SSSR count). The van der Waals surface area contributed by atoms with Gasteiger partial charge in [0.05, 0.1) is 5.56 Å². The molecule has 0 spiro atoms. The second-order valence-corrected chi connectivity index (χ2v) is 5.39. The van der Waals surface area contributed by atoms with Crippen molar-refractivity contribution in [3.8, 4) is 0 Å². The first kappa shape index (κ1) is 11.7. The van der Waals surface area contributed by atoms with E-state index >= 15 is 0 Å². The summed E-state index contributed by atoms with van der Waals surface area (Å²) in [5, 5.41) is 8.82. The molecule has 70 valence electrons. The Morgan fingerprint density at radius 1 is 1.08 bits per heavy atom. The molecule has 0 atom stereocenters. The molecular weight excluding hydrogens is 442 g/mol. The Labute approximate surface area is 108 Å². The van der Waals surface area contributed by atoms with Gasteiger partial charge in [-0.2, -0.15) is 0 Å². The number of carboxylic acid groups (broad SMARTS) is 1. The van der Waals surface area contributed by atoms with E-state index in [1.807, 2.05) is 0 Å². The monoisotopic (exact) mass is 440 g/mol. The molecule has 6 heteroatoms. The van der Waals surface area contributed by atoms with Crippen LogP contribution in [0.15, 0.2) is 24.0 Å². The SMILES string of the molecule is O=C(O)[13c]1[13cH][13c](Br)[13c](Br)[13c](Br)[13c]1Br. The Hall–Kier alpha value is 0.610. The Morgan fingerprint density at radius 2 is 1.62 bits per heavy atom. The van der Waals surface area contributed by atoms with Crippen LogP contribution < -0.4 is 0 Å². The highest BCUT2D eigenvalue weighted by Gasteiger charge is 2.15. The summed E-state index contributed by atoms with van der Waals surface area (Å²) >= 11 is 13.0. The molecule has 0 fully saturated rings. The van der Waals surface area contributed by atoms with Crippen molar-refractivity contribution < 1.29 is 9.90 Å². The minimum atomic E-state index is -0.972. The smallest absolute Gasteiger partial charge is 0.336 e. The maximum absolute atomic E-state index is 10.8. The van der Waals surface area contributed by atoms with Crippen LogP contribution in [0, 0.1) is 0 Å². The topological polar surface area (TPSA) is 37.3 Å². The molecule has 0 unspecified atom stereocenters. The standard InChI is InChI=1S/C7H2Br4O2/c8-3-1-2(7(12)13)4(9)6(11)5(3)10/h1H,(H,12,13)/i1+1,2+1,3+1,4+1,5+1,6+1. The summed E-state index contributed by atoms with van der Waals surface area (Å²) < 4.78 is 2.68. The van der Waals surface area contributed by atoms with Crippen LogP contribution in [0.5, 0.6) is 0 Å². The molecule has 1 aromatic rings. The summed E-state index contributed by atoms with van der Waals surface area (Å²) in [6.07, 6.45) is 0. The minimum Gasteiger partial charge on any atom is -0.478 e. The zero-order valence-corrected chi connectivity index (χ0v) is 12.3. The van der Waals surface area contributed by atoms with Crippen molar-refractivity contribution in [1.82, 2.24) is 0 Å². The van der Waals surface area contributed by atoms with Crippen molar-refractivity contribution >= 4 is 69.7 Å². The van der Waals surface area contributed by atoms with Crippen LogP contribution in [0.1, 0.15) is 10.4 Å². The molecule has 0 radical (unpaired) electrons. The third-order valence-electron chi connectivity index (χ3n) is 1.33. The van der Waals surface area contributed by atoms with Crippen molar-refractivity contribution in [3.63, 3.8) is 0 Å². The molecular formula is C7H2Br4O2. The Kier molecular flexibility index (Phi) is 3.97. The van der Waals surface area contributed by atoms with E-state index in [4.69, 9.17) is 5.11 Å². The molecule has 1 N–H and O–H groups in total. The van der Waals surface area contributed by atoms with Crippen LogP contribution in [-0.4, -0.2) is 11.1 Å². The van der Waals surface area contributed by atoms with Crippen LogP contribution >= 0.6 is 63.7 Å². The second-order valence-electron chi connectivity index (χ2n) is 2.15. The van der Waals surface area contributed by atoms with Gasteiger partial charge in [0.15, 0.2) is 0 Å². The van der Waals surface area contributed by atoms with Gasteiger partial charge in [0, 0.05) is 17.9 Å². The summed E-state index contributed by atoms with van der Waals surface area (Å²) in [5.74, 6) is -0.972. The van der Waals surface area contributed by atoms with E-state index in [1.165, 1.54) is 6.07 Å². The summed E-state index contributed by atoms with van der Waals surface area (Å²) in [6.45, 7) is 0. The first-order chi connectivity index (χ1) is 5.95. The van der Waals surface area contributed by atoms with Gasteiger partial charge in [0.25, 0.3) is 0 Å². The number of aromatic carboxylic acids is 1. The summed E-state index contributed by atoms with van der Waals surface area (Å²) in [4.78, 5) is 10.8. The number of benzene rings is 1. The largest absolute Gasteiger partial charge is 0.478 e. The molecule has 1 aromatic carbocycles. The molecule has 0 heterocycles. The van der Waals surface area contributed by atoms with Gasteiger partial charge in [-0.1, -0.05) is 0 Å². The molecule has 13 heavy (non-hydrogen) atoms. The quantitative estimate of drug-likeness (QED) is 0.515. The van der Waals surface area contributed by atoms with Crippen LogP contribution in [0.2, 0.25) is 0 Å². The number of hydrogen-bond acceptors (Lipinski definition) is 1. The Balaban J connectivity index is 3.50. The van der Waals surface area contributed by atoms with E-state index in [0.29, 0.717) is 13.4 Å². The number of rotatable bonds is 1. The fourth-order valence-corrected chi connectivity index (χ4v) is 2.91. The number of hydrogen-bond donors (Lipinski definition) is 1. The lowest BCUT2D eigenvalue weighted by Crippen LogP contribution is -1.98. The lowest BCUT2D eigenvalue weighted by molar-refractivity contribution is 0.0695. The fraction of sp³-hybridized carbons (Fsp3) is 0. The third kappa shape index (κ3) is 2.34. The minimum absolute atomic E-state index is 0.210. The summed E-state index contributed by atoms with van der Waals surface area (Å²) in [7, 11) is 0. The molecule has 0 saturated carbocycles. The van der Waals surface area contributed by atoms with Gasteiger partial charge in [0.2, 0.25) is 0 Å². The summed E-state index contributed by atoms with van der Waals surface area (Å²) in [6, 6.07) is 1.53. The molecule has 0 aliphatic carbocycles. The average molecular weight is 444 g/mol. The molecule has 0 aromatic heterocycles. The van der Waals surface area contributed by atoms with Crippen LogP contribution in [0.4, 0.5) is 0 Å². The fourth-order valence-electron chi connectivity index (χ4n) is 0.728. The van der Waals surface area contributed by atoms with Crippen molar-refractivity contribution in [1.29, 1.82) is 0 Å². The highest BCUT2D eigenvalue weighted by molar-refractivity contribution is 9.15. The Bertz CT molecular complexity index is 375. The van der Waals surface area contributed by atoms with Crippen molar-refractivity contribution in [3.05, 3.63) is 29.5 Å².